The first-order valence-corrected chi connectivity index (χ1v) is 6.14. The summed E-state index contributed by atoms with van der Waals surface area (Å²) in [5.41, 5.74) is 3.81. The summed E-state index contributed by atoms with van der Waals surface area (Å²) in [7, 11) is 0. The Bertz CT molecular complexity index is 622. The highest BCUT2D eigenvalue weighted by Crippen LogP contribution is 2.33. The van der Waals surface area contributed by atoms with Crippen LogP contribution in [-0.4, -0.2) is 28.8 Å². The van der Waals surface area contributed by atoms with E-state index in [9.17, 15) is 18.0 Å². The van der Waals surface area contributed by atoms with Gasteiger partial charge in [0.05, 0.1) is 17.4 Å². The van der Waals surface area contributed by atoms with Gasteiger partial charge in [-0.3, -0.25) is 4.79 Å². The van der Waals surface area contributed by atoms with Gasteiger partial charge in [-0.1, -0.05) is 18.2 Å². The largest absolute Gasteiger partial charge is 0.434 e. The second-order valence-electron chi connectivity index (χ2n) is 4.20. The van der Waals surface area contributed by atoms with E-state index in [1.807, 2.05) is 0 Å². The van der Waals surface area contributed by atoms with Gasteiger partial charge in [-0.05, 0) is 12.1 Å². The van der Waals surface area contributed by atoms with Gasteiger partial charge < -0.3 is 11.1 Å². The molecular formula is C13H13F3N4O. The molecule has 0 aliphatic heterocycles. The average Bonchev–Trinajstić information content (AvgIpc) is 2.90. The minimum atomic E-state index is -4.71. The van der Waals surface area contributed by atoms with E-state index in [1.54, 1.807) is 18.2 Å². The number of aromatic nitrogens is 2. The molecule has 0 aliphatic carbocycles. The Morgan fingerprint density at radius 1 is 1.29 bits per heavy atom. The first-order valence-electron chi connectivity index (χ1n) is 6.14. The average molecular weight is 298 g/mol. The van der Waals surface area contributed by atoms with Gasteiger partial charge in [-0.15, -0.1) is 0 Å². The summed E-state index contributed by atoms with van der Waals surface area (Å²) in [4.78, 5) is 11.8. The van der Waals surface area contributed by atoms with Crippen LogP contribution in [0.25, 0.3) is 5.69 Å². The zero-order chi connectivity index (χ0) is 15.5. The van der Waals surface area contributed by atoms with Crippen molar-refractivity contribution in [2.45, 2.75) is 6.18 Å². The van der Waals surface area contributed by atoms with Crippen molar-refractivity contribution in [3.63, 3.8) is 0 Å². The molecule has 2 aromatic rings. The fourth-order valence-corrected chi connectivity index (χ4v) is 1.83. The second kappa shape index (κ2) is 5.96. The number of hydrogen-bond acceptors (Lipinski definition) is 3. The third kappa shape index (κ3) is 3.22. The molecule has 0 bridgehead atoms. The van der Waals surface area contributed by atoms with Gasteiger partial charge in [0.15, 0.2) is 5.69 Å². The molecule has 0 spiro atoms. The number of nitrogens with one attached hydrogen (secondary N) is 1. The number of amides is 1. The van der Waals surface area contributed by atoms with Crippen LogP contribution in [0.5, 0.6) is 0 Å². The lowest BCUT2D eigenvalue weighted by Gasteiger charge is -2.12. The number of hydrogen-bond donors (Lipinski definition) is 2. The number of nitrogens with zero attached hydrogens (tertiary/aromatic N) is 2. The van der Waals surface area contributed by atoms with Gasteiger partial charge in [-0.2, -0.15) is 18.3 Å². The molecule has 0 atom stereocenters. The zero-order valence-electron chi connectivity index (χ0n) is 10.9. The molecule has 0 saturated carbocycles. The fraction of sp³-hybridized carbons (Fsp3) is 0.231. The third-order valence-electron chi connectivity index (χ3n) is 2.71. The van der Waals surface area contributed by atoms with Crippen molar-refractivity contribution in [3.05, 3.63) is 47.8 Å². The highest BCUT2D eigenvalue weighted by atomic mass is 19.4. The van der Waals surface area contributed by atoms with E-state index in [1.165, 1.54) is 12.1 Å². The molecule has 5 nitrogen and oxygen atoms in total. The molecule has 8 heteroatoms. The number of benzene rings is 1. The molecular weight excluding hydrogens is 285 g/mol. The molecule has 1 heterocycles. The molecule has 0 unspecified atom stereocenters. The lowest BCUT2D eigenvalue weighted by atomic mass is 10.2. The second-order valence-corrected chi connectivity index (χ2v) is 4.20. The molecule has 21 heavy (non-hydrogen) atoms. The van der Waals surface area contributed by atoms with Gasteiger partial charge in [0.1, 0.15) is 0 Å². The maximum atomic E-state index is 13.2. The van der Waals surface area contributed by atoms with Gasteiger partial charge in [0, 0.05) is 13.1 Å². The predicted octanol–water partition coefficient (Wildman–Crippen LogP) is 1.58. The number of para-hydroxylation sites is 1. The predicted molar refractivity (Wildman–Crippen MR) is 70.0 cm³/mol. The molecule has 0 radical (unpaired) electrons. The Hall–Kier alpha value is -2.35. The molecule has 0 aliphatic rings. The van der Waals surface area contributed by atoms with Crippen molar-refractivity contribution >= 4 is 5.91 Å². The van der Waals surface area contributed by atoms with E-state index >= 15 is 0 Å². The number of carbonyl (C=O) groups is 1. The third-order valence-corrected chi connectivity index (χ3v) is 2.71. The summed E-state index contributed by atoms with van der Waals surface area (Å²) >= 11 is 0. The minimum Gasteiger partial charge on any atom is -0.351 e. The number of nitrogens with two attached hydrogens (primary N) is 1. The van der Waals surface area contributed by atoms with E-state index in [-0.39, 0.29) is 18.8 Å². The van der Waals surface area contributed by atoms with Crippen molar-refractivity contribution in [1.82, 2.24) is 15.1 Å². The quantitative estimate of drug-likeness (QED) is 0.900. The lowest BCUT2D eigenvalue weighted by molar-refractivity contribution is -0.143. The molecule has 2 rings (SSSR count). The van der Waals surface area contributed by atoms with Crippen LogP contribution in [-0.2, 0) is 6.18 Å². The van der Waals surface area contributed by atoms with E-state index in [0.717, 1.165) is 6.20 Å². The molecule has 3 N–H and O–H groups in total. The number of halogens is 3. The van der Waals surface area contributed by atoms with E-state index in [0.29, 0.717) is 4.68 Å². The van der Waals surface area contributed by atoms with Gasteiger partial charge in [0.25, 0.3) is 5.91 Å². The SMILES string of the molecule is NCCNC(=O)c1cnn(-c2ccccc2)c1C(F)(F)F. The molecule has 0 fully saturated rings. The monoisotopic (exact) mass is 298 g/mol. The molecule has 0 saturated heterocycles. The highest BCUT2D eigenvalue weighted by Gasteiger charge is 2.40. The van der Waals surface area contributed by atoms with Gasteiger partial charge >= 0.3 is 6.18 Å². The number of rotatable bonds is 4. The molecule has 1 aromatic carbocycles. The summed E-state index contributed by atoms with van der Waals surface area (Å²) in [6, 6.07) is 7.80. The summed E-state index contributed by atoms with van der Waals surface area (Å²) in [5, 5.41) is 6.00. The van der Waals surface area contributed by atoms with E-state index in [2.05, 4.69) is 10.4 Å². The Morgan fingerprint density at radius 2 is 1.95 bits per heavy atom. The lowest BCUT2D eigenvalue weighted by Crippen LogP contribution is -2.30. The van der Waals surface area contributed by atoms with Crippen molar-refractivity contribution in [2.24, 2.45) is 5.73 Å². The van der Waals surface area contributed by atoms with Crippen molar-refractivity contribution in [2.75, 3.05) is 13.1 Å². The van der Waals surface area contributed by atoms with E-state index in [4.69, 9.17) is 5.73 Å². The first-order chi connectivity index (χ1) is 9.95. The summed E-state index contributed by atoms with van der Waals surface area (Å²) < 4.78 is 40.4. The van der Waals surface area contributed by atoms with E-state index < -0.39 is 23.3 Å². The molecule has 1 aromatic heterocycles. The zero-order valence-corrected chi connectivity index (χ0v) is 10.9. The van der Waals surface area contributed by atoms with Crippen LogP contribution in [0.15, 0.2) is 36.5 Å². The smallest absolute Gasteiger partial charge is 0.351 e. The highest BCUT2D eigenvalue weighted by molar-refractivity contribution is 5.95. The molecule has 112 valence electrons. The number of alkyl halides is 3. The Kier molecular flexibility index (Phi) is 4.27. The van der Waals surface area contributed by atoms with Crippen LogP contribution in [0, 0.1) is 0 Å². The van der Waals surface area contributed by atoms with Gasteiger partial charge in [-0.25, -0.2) is 4.68 Å². The van der Waals surface area contributed by atoms with Crippen LogP contribution in [0.4, 0.5) is 13.2 Å². The van der Waals surface area contributed by atoms with Crippen LogP contribution in [0.3, 0.4) is 0 Å². The summed E-state index contributed by atoms with van der Waals surface area (Å²) in [6.07, 6.45) is -3.80. The summed E-state index contributed by atoms with van der Waals surface area (Å²) in [5.74, 6) is -0.852. The Balaban J connectivity index is 2.49. The van der Waals surface area contributed by atoms with Crippen LogP contribution < -0.4 is 11.1 Å². The maximum Gasteiger partial charge on any atom is 0.434 e. The van der Waals surface area contributed by atoms with Crippen LogP contribution >= 0.6 is 0 Å². The fourth-order valence-electron chi connectivity index (χ4n) is 1.83. The standard InChI is InChI=1S/C13H13F3N4O/c14-13(15,16)11-10(12(21)18-7-6-17)8-19-20(11)9-4-2-1-3-5-9/h1-5,8H,6-7,17H2,(H,18,21). The summed E-state index contributed by atoms with van der Waals surface area (Å²) in [6.45, 7) is 0.229. The Morgan fingerprint density at radius 3 is 2.52 bits per heavy atom. The Labute approximate surface area is 118 Å². The van der Waals surface area contributed by atoms with Crippen molar-refractivity contribution in [3.8, 4) is 5.69 Å². The normalized spacial score (nSPS) is 11.4. The van der Waals surface area contributed by atoms with Crippen LogP contribution in [0.1, 0.15) is 16.1 Å². The van der Waals surface area contributed by atoms with Crippen LogP contribution in [0.2, 0.25) is 0 Å². The first kappa shape index (κ1) is 15.0. The van der Waals surface area contributed by atoms with Crippen molar-refractivity contribution in [1.29, 1.82) is 0 Å². The molecule has 1 amide bonds. The minimum absolute atomic E-state index is 0.0899. The number of carbonyl (C=O) groups excluding carboxylic acids is 1. The van der Waals surface area contributed by atoms with Crippen molar-refractivity contribution < 1.29 is 18.0 Å². The topological polar surface area (TPSA) is 72.9 Å². The van der Waals surface area contributed by atoms with Gasteiger partial charge in [0.2, 0.25) is 0 Å². The maximum absolute atomic E-state index is 13.2.